The Morgan fingerprint density at radius 1 is 1.06 bits per heavy atom. The molecule has 3 aromatic carbocycles. The molecular weight excluding hydrogens is 418 g/mol. The van der Waals surface area contributed by atoms with Crippen LogP contribution in [0.4, 0.5) is 5.13 Å². The van der Waals surface area contributed by atoms with Gasteiger partial charge in [-0.05, 0) is 53.9 Å². The van der Waals surface area contributed by atoms with Crippen LogP contribution in [0.1, 0.15) is 21.5 Å². The number of aryl methyl sites for hydroxylation is 2. The molecule has 1 fully saturated rings. The number of nitrogens with zero attached hydrogens (tertiary/aromatic N) is 3. The molecule has 1 aliphatic rings. The summed E-state index contributed by atoms with van der Waals surface area (Å²) >= 11 is 1.59. The zero-order chi connectivity index (χ0) is 22.1. The highest BCUT2D eigenvalue weighted by Crippen LogP contribution is 2.32. The summed E-state index contributed by atoms with van der Waals surface area (Å²) in [5.74, 6) is 0.00237. The maximum Gasteiger partial charge on any atom is 0.260 e. The topological polar surface area (TPSA) is 45.7 Å². The smallest absolute Gasteiger partial charge is 0.260 e. The molecule has 1 aliphatic heterocycles. The summed E-state index contributed by atoms with van der Waals surface area (Å²) in [5.41, 5.74) is 4.13. The van der Waals surface area contributed by atoms with E-state index in [0.29, 0.717) is 6.54 Å². The Hall–Kier alpha value is -2.80. The summed E-state index contributed by atoms with van der Waals surface area (Å²) < 4.78 is 6.60. The molecule has 164 valence electrons. The summed E-state index contributed by atoms with van der Waals surface area (Å²) in [7, 11) is 0. The molecule has 0 aliphatic carbocycles. The van der Waals surface area contributed by atoms with Crippen molar-refractivity contribution >= 4 is 43.4 Å². The normalized spacial score (nSPS) is 14.8. The molecule has 2 heterocycles. The average Bonchev–Trinajstić information content (AvgIpc) is 3.21. The fourth-order valence-corrected chi connectivity index (χ4v) is 5.26. The van der Waals surface area contributed by atoms with Crippen molar-refractivity contribution in [1.29, 1.82) is 0 Å². The molecule has 0 unspecified atom stereocenters. The third-order valence-corrected chi connectivity index (χ3v) is 7.27. The number of aromatic nitrogens is 1. The van der Waals surface area contributed by atoms with E-state index >= 15 is 0 Å². The second kappa shape index (κ2) is 8.98. The minimum absolute atomic E-state index is 0.00237. The Morgan fingerprint density at radius 2 is 1.81 bits per heavy atom. The van der Waals surface area contributed by atoms with Gasteiger partial charge in [0.2, 0.25) is 0 Å². The van der Waals surface area contributed by atoms with Crippen LogP contribution in [0.3, 0.4) is 0 Å². The van der Waals surface area contributed by atoms with Gasteiger partial charge >= 0.3 is 0 Å². The van der Waals surface area contributed by atoms with Crippen LogP contribution in [0.5, 0.6) is 0 Å². The number of thiazole rings is 1. The van der Waals surface area contributed by atoms with Gasteiger partial charge in [0.15, 0.2) is 5.13 Å². The van der Waals surface area contributed by atoms with Crippen LogP contribution in [0, 0.1) is 13.8 Å². The Morgan fingerprint density at radius 3 is 2.66 bits per heavy atom. The maximum atomic E-state index is 13.9. The number of anilines is 1. The molecule has 6 heteroatoms. The highest BCUT2D eigenvalue weighted by Gasteiger charge is 2.24. The van der Waals surface area contributed by atoms with Crippen molar-refractivity contribution in [2.45, 2.75) is 13.8 Å². The standard InChI is InChI=1S/C26H27N3O2S/c1-18-16-23-24(17-19(18)2)32-26(27-23)29(11-10-28-12-14-31-15-13-28)25(30)22-9-5-7-20-6-3-4-8-21(20)22/h3-9,16-17H,10-15H2,1-2H3. The second-order valence-corrected chi connectivity index (χ2v) is 9.35. The van der Waals surface area contributed by atoms with Crippen LogP contribution >= 0.6 is 11.3 Å². The van der Waals surface area contributed by atoms with E-state index in [4.69, 9.17) is 9.72 Å². The predicted octanol–water partition coefficient (Wildman–Crippen LogP) is 5.05. The van der Waals surface area contributed by atoms with Crippen LogP contribution in [0.25, 0.3) is 21.0 Å². The highest BCUT2D eigenvalue weighted by molar-refractivity contribution is 7.22. The first kappa shape index (κ1) is 21.1. The molecular formula is C26H27N3O2S. The summed E-state index contributed by atoms with van der Waals surface area (Å²) in [6.45, 7) is 8.90. The van der Waals surface area contributed by atoms with Crippen molar-refractivity contribution in [2.75, 3.05) is 44.3 Å². The summed E-state index contributed by atoms with van der Waals surface area (Å²) in [4.78, 5) is 23.0. The monoisotopic (exact) mass is 445 g/mol. The van der Waals surface area contributed by atoms with Crippen LogP contribution in [0.15, 0.2) is 54.6 Å². The van der Waals surface area contributed by atoms with E-state index in [-0.39, 0.29) is 5.91 Å². The van der Waals surface area contributed by atoms with Crippen LogP contribution < -0.4 is 4.90 Å². The number of hydrogen-bond acceptors (Lipinski definition) is 5. The Kier molecular flexibility index (Phi) is 5.91. The van der Waals surface area contributed by atoms with Crippen molar-refractivity contribution in [1.82, 2.24) is 9.88 Å². The summed E-state index contributed by atoms with van der Waals surface area (Å²) in [6, 6.07) is 18.3. The second-order valence-electron chi connectivity index (χ2n) is 8.34. The number of carbonyl (C=O) groups excluding carboxylic acids is 1. The average molecular weight is 446 g/mol. The molecule has 0 bridgehead atoms. The van der Waals surface area contributed by atoms with Crippen molar-refractivity contribution in [3.8, 4) is 0 Å². The van der Waals surface area contributed by atoms with Crippen molar-refractivity contribution in [3.05, 3.63) is 71.3 Å². The first-order chi connectivity index (χ1) is 15.6. The first-order valence-electron chi connectivity index (χ1n) is 11.1. The van der Waals surface area contributed by atoms with Gasteiger partial charge in [0.1, 0.15) is 0 Å². The van der Waals surface area contributed by atoms with E-state index in [1.54, 1.807) is 11.3 Å². The SMILES string of the molecule is Cc1cc2nc(N(CCN3CCOCC3)C(=O)c3cccc4ccccc34)sc2cc1C. The lowest BCUT2D eigenvalue weighted by Gasteiger charge is -2.29. The molecule has 0 spiro atoms. The molecule has 5 rings (SSSR count). The van der Waals surface area contributed by atoms with Gasteiger partial charge in [-0.25, -0.2) is 4.98 Å². The molecule has 0 N–H and O–H groups in total. The first-order valence-corrected chi connectivity index (χ1v) is 11.9. The molecule has 0 atom stereocenters. The van der Waals surface area contributed by atoms with E-state index in [9.17, 15) is 4.79 Å². The quantitative estimate of drug-likeness (QED) is 0.431. The van der Waals surface area contributed by atoms with Gasteiger partial charge in [-0.2, -0.15) is 0 Å². The lowest BCUT2D eigenvalue weighted by molar-refractivity contribution is 0.0391. The highest BCUT2D eigenvalue weighted by atomic mass is 32.1. The largest absolute Gasteiger partial charge is 0.379 e. The number of fused-ring (bicyclic) bond motifs is 2. The van der Waals surface area contributed by atoms with E-state index in [1.165, 1.54) is 11.1 Å². The van der Waals surface area contributed by atoms with Crippen LogP contribution in [-0.4, -0.2) is 55.2 Å². The molecule has 1 aromatic heterocycles. The van der Waals surface area contributed by atoms with Gasteiger partial charge in [0.25, 0.3) is 5.91 Å². The molecule has 4 aromatic rings. The van der Waals surface area contributed by atoms with Gasteiger partial charge in [0.05, 0.1) is 23.4 Å². The van der Waals surface area contributed by atoms with Crippen LogP contribution in [0.2, 0.25) is 0 Å². The fourth-order valence-electron chi connectivity index (χ4n) is 4.19. The van der Waals surface area contributed by atoms with E-state index in [2.05, 4.69) is 30.9 Å². The number of morpholine rings is 1. The Bertz CT molecular complexity index is 1230. The Balaban J connectivity index is 1.53. The molecule has 0 radical (unpaired) electrons. The van der Waals surface area contributed by atoms with Gasteiger partial charge < -0.3 is 4.74 Å². The number of rotatable bonds is 5. The van der Waals surface area contributed by atoms with E-state index in [0.717, 1.165) is 64.5 Å². The minimum Gasteiger partial charge on any atom is -0.379 e. The molecule has 1 amide bonds. The lowest BCUT2D eigenvalue weighted by Crippen LogP contribution is -2.43. The third-order valence-electron chi connectivity index (χ3n) is 6.23. The van der Waals surface area contributed by atoms with Crippen LogP contribution in [-0.2, 0) is 4.74 Å². The van der Waals surface area contributed by atoms with E-state index in [1.807, 2.05) is 47.4 Å². The van der Waals surface area contributed by atoms with Gasteiger partial charge in [-0.1, -0.05) is 47.7 Å². The number of hydrogen-bond donors (Lipinski definition) is 0. The van der Waals surface area contributed by atoms with Gasteiger partial charge in [-0.15, -0.1) is 0 Å². The molecule has 32 heavy (non-hydrogen) atoms. The zero-order valence-electron chi connectivity index (χ0n) is 18.5. The maximum absolute atomic E-state index is 13.9. The van der Waals surface area contributed by atoms with Crippen molar-refractivity contribution in [3.63, 3.8) is 0 Å². The third kappa shape index (κ3) is 4.13. The molecule has 5 nitrogen and oxygen atoms in total. The van der Waals surface area contributed by atoms with Gasteiger partial charge in [-0.3, -0.25) is 14.6 Å². The predicted molar refractivity (Wildman–Crippen MR) is 132 cm³/mol. The summed E-state index contributed by atoms with van der Waals surface area (Å²) in [6.07, 6.45) is 0. The zero-order valence-corrected chi connectivity index (χ0v) is 19.3. The molecule has 0 saturated carbocycles. The summed E-state index contributed by atoms with van der Waals surface area (Å²) in [5, 5.41) is 2.81. The van der Waals surface area contributed by atoms with Gasteiger partial charge in [0, 0.05) is 31.7 Å². The number of ether oxygens (including phenoxy) is 1. The number of benzene rings is 3. The minimum atomic E-state index is 0.00237. The lowest BCUT2D eigenvalue weighted by atomic mass is 10.0. The Labute approximate surface area is 192 Å². The molecule has 1 saturated heterocycles. The number of amides is 1. The van der Waals surface area contributed by atoms with E-state index < -0.39 is 0 Å². The number of carbonyl (C=O) groups is 1. The van der Waals surface area contributed by atoms with Crippen molar-refractivity contribution < 1.29 is 9.53 Å². The van der Waals surface area contributed by atoms with Crippen molar-refractivity contribution in [2.24, 2.45) is 0 Å². The fraction of sp³-hybridized carbons (Fsp3) is 0.308.